The number of benzene rings is 2. The number of aliphatic imine (C=N–C) groups is 1. The largest absolute Gasteiger partial charge is 0.496 e. The fourth-order valence-electron chi connectivity index (χ4n) is 4.74. The molecule has 1 atom stereocenters. The number of carbonyl (C=O) groups excluding carboxylic acids is 1. The summed E-state index contributed by atoms with van der Waals surface area (Å²) in [5.74, 6) is 1.76. The Labute approximate surface area is 189 Å². The van der Waals surface area contributed by atoms with Crippen LogP contribution in [0.2, 0.25) is 0 Å². The summed E-state index contributed by atoms with van der Waals surface area (Å²) in [4.78, 5) is 16.3. The van der Waals surface area contributed by atoms with E-state index >= 15 is 0 Å². The highest BCUT2D eigenvalue weighted by Crippen LogP contribution is 2.46. The van der Waals surface area contributed by atoms with Crippen LogP contribution in [-0.4, -0.2) is 38.8 Å². The number of para-hydroxylation sites is 1. The normalized spacial score (nSPS) is 19.1. The molecule has 0 saturated heterocycles. The molecule has 7 nitrogen and oxygen atoms in total. The zero-order valence-electron chi connectivity index (χ0n) is 18.9. The number of hydrogen-bond acceptors (Lipinski definition) is 5. The third kappa shape index (κ3) is 4.52. The number of rotatable bonds is 5. The van der Waals surface area contributed by atoms with Crippen LogP contribution in [0.5, 0.6) is 11.5 Å². The van der Waals surface area contributed by atoms with Gasteiger partial charge in [0.1, 0.15) is 22.7 Å². The molecule has 2 aliphatic rings. The Balaban J connectivity index is 1.47. The van der Waals surface area contributed by atoms with Gasteiger partial charge in [-0.15, -0.1) is 0 Å². The van der Waals surface area contributed by atoms with Gasteiger partial charge in [0.15, 0.2) is 5.96 Å². The third-order valence-corrected chi connectivity index (χ3v) is 6.38. The molecule has 1 aliphatic carbocycles. The molecule has 170 valence electrons. The zero-order valence-corrected chi connectivity index (χ0v) is 18.9. The first-order valence-corrected chi connectivity index (χ1v) is 11.1. The maximum atomic E-state index is 11.9. The molecule has 2 aromatic rings. The number of fused-ring (bicyclic) bond motifs is 1. The summed E-state index contributed by atoms with van der Waals surface area (Å²) in [5, 5.41) is 6.99. The predicted octanol–water partition coefficient (Wildman–Crippen LogP) is 3.98. The highest BCUT2D eigenvalue weighted by Gasteiger charge is 2.43. The molecule has 2 aromatic carbocycles. The van der Waals surface area contributed by atoms with Gasteiger partial charge in [0, 0.05) is 25.6 Å². The van der Waals surface area contributed by atoms with E-state index in [0.29, 0.717) is 17.9 Å². The molecular formula is C25H31N3O4. The molecule has 4 rings (SSSR count). The summed E-state index contributed by atoms with van der Waals surface area (Å²) in [6.45, 7) is 0.535. The molecule has 1 heterocycles. The van der Waals surface area contributed by atoms with E-state index in [1.807, 2.05) is 18.2 Å². The lowest BCUT2D eigenvalue weighted by Gasteiger charge is -2.40. The highest BCUT2D eigenvalue weighted by molar-refractivity contribution is 5.92. The Kier molecular flexibility index (Phi) is 6.53. The van der Waals surface area contributed by atoms with Crippen molar-refractivity contribution in [2.45, 2.75) is 50.3 Å². The van der Waals surface area contributed by atoms with Crippen molar-refractivity contribution < 1.29 is 19.0 Å². The zero-order chi connectivity index (χ0) is 22.6. The van der Waals surface area contributed by atoms with E-state index in [-0.39, 0.29) is 11.6 Å². The van der Waals surface area contributed by atoms with Crippen molar-refractivity contribution in [3.05, 3.63) is 59.2 Å². The van der Waals surface area contributed by atoms with Gasteiger partial charge in [-0.2, -0.15) is 0 Å². The summed E-state index contributed by atoms with van der Waals surface area (Å²) in [6.07, 6.45) is 5.54. The molecule has 1 fully saturated rings. The van der Waals surface area contributed by atoms with Gasteiger partial charge in [-0.3, -0.25) is 4.99 Å². The lowest BCUT2D eigenvalue weighted by molar-refractivity contribution is 0.0396. The number of carbonyl (C=O) groups is 1. The van der Waals surface area contributed by atoms with Gasteiger partial charge in [0.25, 0.3) is 0 Å². The van der Waals surface area contributed by atoms with Crippen molar-refractivity contribution in [2.24, 2.45) is 4.99 Å². The Hall–Kier alpha value is -3.22. The quantitative estimate of drug-likeness (QED) is 0.418. The van der Waals surface area contributed by atoms with Gasteiger partial charge in [0.2, 0.25) is 0 Å². The van der Waals surface area contributed by atoms with E-state index in [1.54, 1.807) is 20.2 Å². The molecule has 0 amide bonds. The first kappa shape index (κ1) is 22.0. The highest BCUT2D eigenvalue weighted by atomic mass is 16.5. The molecule has 1 unspecified atom stereocenters. The second-order valence-corrected chi connectivity index (χ2v) is 8.38. The fourth-order valence-corrected chi connectivity index (χ4v) is 4.74. The van der Waals surface area contributed by atoms with Gasteiger partial charge in [-0.1, -0.05) is 24.3 Å². The third-order valence-electron chi connectivity index (χ3n) is 6.38. The topological polar surface area (TPSA) is 81.2 Å². The molecule has 0 radical (unpaired) electrons. The SMILES string of the molecule is CN=C(NCc1ccc(C(=O)OC)c(OC)c1)NC1CC2(CCCC2)Oc2ccccc21. The molecule has 0 aromatic heterocycles. The molecule has 1 saturated carbocycles. The van der Waals surface area contributed by atoms with Crippen LogP contribution in [0, 0.1) is 0 Å². The monoisotopic (exact) mass is 437 g/mol. The van der Waals surface area contributed by atoms with E-state index in [0.717, 1.165) is 42.1 Å². The van der Waals surface area contributed by atoms with Crippen LogP contribution in [0.1, 0.15) is 59.6 Å². The number of methoxy groups -OCH3 is 2. The Bertz CT molecular complexity index is 998. The Morgan fingerprint density at radius 2 is 1.97 bits per heavy atom. The molecule has 1 spiro atoms. The molecule has 2 N–H and O–H groups in total. The second-order valence-electron chi connectivity index (χ2n) is 8.38. The number of ether oxygens (including phenoxy) is 3. The van der Waals surface area contributed by atoms with Crippen LogP contribution in [-0.2, 0) is 11.3 Å². The maximum Gasteiger partial charge on any atom is 0.341 e. The maximum absolute atomic E-state index is 11.9. The average molecular weight is 438 g/mol. The predicted molar refractivity (Wildman–Crippen MR) is 123 cm³/mol. The standard InChI is InChI=1S/C25H31N3O4/c1-26-24(27-16-17-10-11-19(23(29)31-3)22(14-17)30-2)28-20-15-25(12-6-7-13-25)32-21-9-5-4-8-18(20)21/h4-5,8-11,14,20H,6-7,12-13,15-16H2,1-3H3,(H2,26,27,28). The van der Waals surface area contributed by atoms with Crippen LogP contribution in [0.15, 0.2) is 47.5 Å². The van der Waals surface area contributed by atoms with E-state index in [4.69, 9.17) is 14.2 Å². The number of hydrogen-bond donors (Lipinski definition) is 2. The molecule has 32 heavy (non-hydrogen) atoms. The summed E-state index contributed by atoms with van der Waals surface area (Å²) in [5.41, 5.74) is 2.46. The van der Waals surface area contributed by atoms with Crippen LogP contribution in [0.3, 0.4) is 0 Å². The lowest BCUT2D eigenvalue weighted by Crippen LogP contribution is -2.46. The molecular weight excluding hydrogens is 406 g/mol. The summed E-state index contributed by atoms with van der Waals surface area (Å²) in [6, 6.07) is 13.8. The van der Waals surface area contributed by atoms with Gasteiger partial charge in [0.05, 0.1) is 20.3 Å². The van der Waals surface area contributed by atoms with Crippen molar-refractivity contribution in [3.63, 3.8) is 0 Å². The average Bonchev–Trinajstić information content (AvgIpc) is 3.27. The van der Waals surface area contributed by atoms with Crippen LogP contribution >= 0.6 is 0 Å². The minimum atomic E-state index is -0.419. The van der Waals surface area contributed by atoms with Gasteiger partial charge in [-0.25, -0.2) is 4.79 Å². The van der Waals surface area contributed by atoms with Gasteiger partial charge >= 0.3 is 5.97 Å². The van der Waals surface area contributed by atoms with Crippen molar-refractivity contribution in [2.75, 3.05) is 21.3 Å². The van der Waals surface area contributed by atoms with E-state index in [2.05, 4.69) is 33.8 Å². The fraction of sp³-hybridized carbons (Fsp3) is 0.440. The number of esters is 1. The van der Waals surface area contributed by atoms with E-state index in [1.165, 1.54) is 20.0 Å². The lowest BCUT2D eigenvalue weighted by atomic mass is 9.86. The summed E-state index contributed by atoms with van der Waals surface area (Å²) < 4.78 is 16.6. The van der Waals surface area contributed by atoms with E-state index < -0.39 is 5.97 Å². The summed E-state index contributed by atoms with van der Waals surface area (Å²) >= 11 is 0. The number of guanidine groups is 1. The Morgan fingerprint density at radius 3 is 2.69 bits per heavy atom. The number of nitrogens with one attached hydrogen (secondary N) is 2. The smallest absolute Gasteiger partial charge is 0.341 e. The van der Waals surface area contributed by atoms with Crippen molar-refractivity contribution >= 4 is 11.9 Å². The van der Waals surface area contributed by atoms with Crippen LogP contribution in [0.25, 0.3) is 0 Å². The Morgan fingerprint density at radius 1 is 1.19 bits per heavy atom. The second kappa shape index (κ2) is 9.51. The van der Waals surface area contributed by atoms with Crippen LogP contribution < -0.4 is 20.1 Å². The van der Waals surface area contributed by atoms with Crippen LogP contribution in [0.4, 0.5) is 0 Å². The number of nitrogens with zero attached hydrogens (tertiary/aromatic N) is 1. The summed E-state index contributed by atoms with van der Waals surface area (Å²) in [7, 11) is 4.67. The van der Waals surface area contributed by atoms with Crippen molar-refractivity contribution in [1.29, 1.82) is 0 Å². The van der Waals surface area contributed by atoms with E-state index in [9.17, 15) is 4.79 Å². The van der Waals surface area contributed by atoms with Gasteiger partial charge in [-0.05, 0) is 49.4 Å². The first-order valence-electron chi connectivity index (χ1n) is 11.1. The minimum Gasteiger partial charge on any atom is -0.496 e. The molecule has 1 aliphatic heterocycles. The van der Waals surface area contributed by atoms with Crippen molar-refractivity contribution in [3.8, 4) is 11.5 Å². The van der Waals surface area contributed by atoms with Gasteiger partial charge < -0.3 is 24.8 Å². The molecule has 0 bridgehead atoms. The first-order chi connectivity index (χ1) is 15.6. The minimum absolute atomic E-state index is 0.0814. The van der Waals surface area contributed by atoms with Crippen molar-refractivity contribution in [1.82, 2.24) is 10.6 Å². The molecule has 7 heteroatoms.